The van der Waals surface area contributed by atoms with E-state index in [1.165, 1.54) is 38.5 Å². The summed E-state index contributed by atoms with van der Waals surface area (Å²) in [5.74, 6) is 0. The molecule has 80 valence electrons. The first-order chi connectivity index (χ1) is 6.27. The minimum atomic E-state index is -0.133. The second kappa shape index (κ2) is 10.7. The van der Waals surface area contributed by atoms with E-state index in [0.29, 0.717) is 0 Å². The van der Waals surface area contributed by atoms with Gasteiger partial charge >= 0.3 is 0 Å². The van der Waals surface area contributed by atoms with Crippen LogP contribution >= 0.6 is 22.6 Å². The summed E-state index contributed by atoms with van der Waals surface area (Å²) in [5.41, 5.74) is 0. The highest BCUT2D eigenvalue weighted by Gasteiger charge is 1.95. The quantitative estimate of drug-likeness (QED) is 0.323. The zero-order valence-corrected chi connectivity index (χ0v) is 10.9. The molecular formula is C11H22FI. The number of hydrogen-bond acceptors (Lipinski definition) is 0. The van der Waals surface area contributed by atoms with Crippen LogP contribution < -0.4 is 0 Å². The van der Waals surface area contributed by atoms with Gasteiger partial charge in [-0.2, -0.15) is 0 Å². The maximum atomic E-state index is 11.7. The fraction of sp³-hybridized carbons (Fsp3) is 1.00. The Morgan fingerprint density at radius 3 is 1.85 bits per heavy atom. The van der Waals surface area contributed by atoms with Crippen LogP contribution in [0.5, 0.6) is 0 Å². The fourth-order valence-corrected chi connectivity index (χ4v) is 1.84. The van der Waals surface area contributed by atoms with Crippen molar-refractivity contribution in [3.05, 3.63) is 0 Å². The highest BCUT2D eigenvalue weighted by molar-refractivity contribution is 14.1. The van der Waals surface area contributed by atoms with Gasteiger partial charge in [0.1, 0.15) is 0 Å². The molecule has 0 fully saturated rings. The highest BCUT2D eigenvalue weighted by atomic mass is 127. The molecule has 1 unspecified atom stereocenters. The van der Waals surface area contributed by atoms with Crippen molar-refractivity contribution in [2.75, 3.05) is 6.67 Å². The van der Waals surface area contributed by atoms with Crippen LogP contribution in [0, 0.1) is 0 Å². The molecule has 0 saturated heterocycles. The average Bonchev–Trinajstić information content (AvgIpc) is 2.09. The largest absolute Gasteiger partial charge is 0.251 e. The van der Waals surface area contributed by atoms with Gasteiger partial charge in [0, 0.05) is 3.92 Å². The van der Waals surface area contributed by atoms with Crippen LogP contribution in [-0.4, -0.2) is 10.6 Å². The third-order valence-corrected chi connectivity index (χ3v) is 2.86. The normalized spacial score (nSPS) is 13.2. The van der Waals surface area contributed by atoms with Gasteiger partial charge in [0.2, 0.25) is 0 Å². The van der Waals surface area contributed by atoms with E-state index < -0.39 is 0 Å². The Balaban J connectivity index is 2.84. The first kappa shape index (κ1) is 13.7. The minimum Gasteiger partial charge on any atom is -0.251 e. The van der Waals surface area contributed by atoms with Crippen molar-refractivity contribution in [3.8, 4) is 0 Å². The number of halogens is 2. The second-order valence-electron chi connectivity index (χ2n) is 3.73. The summed E-state index contributed by atoms with van der Waals surface area (Å²) >= 11 is 2.48. The SMILES string of the molecule is CC(I)CCCCCCCCCF. The predicted molar refractivity (Wildman–Crippen MR) is 66.4 cm³/mol. The van der Waals surface area contributed by atoms with Gasteiger partial charge in [-0.15, -0.1) is 0 Å². The van der Waals surface area contributed by atoms with Crippen molar-refractivity contribution in [2.24, 2.45) is 0 Å². The van der Waals surface area contributed by atoms with Crippen LogP contribution in [-0.2, 0) is 0 Å². The molecule has 0 spiro atoms. The molecule has 0 rings (SSSR count). The fourth-order valence-electron chi connectivity index (χ4n) is 1.40. The molecule has 2 heteroatoms. The third kappa shape index (κ3) is 12.7. The number of alkyl halides is 2. The molecule has 0 aliphatic heterocycles. The first-order valence-electron chi connectivity index (χ1n) is 5.47. The molecule has 0 heterocycles. The van der Waals surface area contributed by atoms with E-state index in [0.717, 1.165) is 16.8 Å². The molecular weight excluding hydrogens is 278 g/mol. The van der Waals surface area contributed by atoms with Crippen molar-refractivity contribution in [1.29, 1.82) is 0 Å². The Labute approximate surface area is 95.8 Å². The Hall–Kier alpha value is 0.660. The summed E-state index contributed by atoms with van der Waals surface area (Å²) in [6.45, 7) is 2.13. The van der Waals surface area contributed by atoms with Crippen molar-refractivity contribution in [2.45, 2.75) is 62.2 Å². The van der Waals surface area contributed by atoms with Crippen molar-refractivity contribution in [3.63, 3.8) is 0 Å². The average molecular weight is 300 g/mol. The van der Waals surface area contributed by atoms with Gasteiger partial charge in [-0.3, -0.25) is 4.39 Å². The van der Waals surface area contributed by atoms with E-state index in [4.69, 9.17) is 0 Å². The van der Waals surface area contributed by atoms with Gasteiger partial charge in [0.15, 0.2) is 0 Å². The predicted octanol–water partition coefficient (Wildman–Crippen LogP) is 4.90. The molecule has 0 radical (unpaired) electrons. The van der Waals surface area contributed by atoms with Gasteiger partial charge in [-0.05, 0) is 12.8 Å². The number of hydrogen-bond donors (Lipinski definition) is 0. The van der Waals surface area contributed by atoms with Crippen LogP contribution in [0.3, 0.4) is 0 Å². The van der Waals surface area contributed by atoms with Crippen LogP contribution in [0.15, 0.2) is 0 Å². The van der Waals surface area contributed by atoms with E-state index in [-0.39, 0.29) is 6.67 Å². The van der Waals surface area contributed by atoms with Crippen molar-refractivity contribution < 1.29 is 4.39 Å². The van der Waals surface area contributed by atoms with Crippen molar-refractivity contribution >= 4 is 22.6 Å². The van der Waals surface area contributed by atoms with Crippen LogP contribution in [0.4, 0.5) is 4.39 Å². The first-order valence-corrected chi connectivity index (χ1v) is 6.72. The molecule has 0 aliphatic rings. The zero-order chi connectivity index (χ0) is 9.94. The summed E-state index contributed by atoms with van der Waals surface area (Å²) in [6, 6.07) is 0. The summed E-state index contributed by atoms with van der Waals surface area (Å²) in [5, 5.41) is 0. The lowest BCUT2D eigenvalue weighted by Gasteiger charge is -2.02. The van der Waals surface area contributed by atoms with E-state index >= 15 is 0 Å². The van der Waals surface area contributed by atoms with Gasteiger partial charge in [-0.25, -0.2) is 0 Å². The maximum absolute atomic E-state index is 11.7. The maximum Gasteiger partial charge on any atom is 0.0894 e. The van der Waals surface area contributed by atoms with E-state index in [9.17, 15) is 4.39 Å². The minimum absolute atomic E-state index is 0.133. The lowest BCUT2D eigenvalue weighted by molar-refractivity contribution is 0.449. The topological polar surface area (TPSA) is 0 Å². The smallest absolute Gasteiger partial charge is 0.0894 e. The van der Waals surface area contributed by atoms with Gasteiger partial charge < -0.3 is 0 Å². The van der Waals surface area contributed by atoms with Crippen LogP contribution in [0.25, 0.3) is 0 Å². The monoisotopic (exact) mass is 300 g/mol. The van der Waals surface area contributed by atoms with Crippen molar-refractivity contribution in [1.82, 2.24) is 0 Å². The highest BCUT2D eigenvalue weighted by Crippen LogP contribution is 2.13. The molecule has 0 aliphatic carbocycles. The molecule has 0 saturated carbocycles. The molecule has 0 nitrogen and oxygen atoms in total. The number of rotatable bonds is 9. The molecule has 0 N–H and O–H groups in total. The van der Waals surface area contributed by atoms with Gasteiger partial charge in [-0.1, -0.05) is 68.0 Å². The molecule has 13 heavy (non-hydrogen) atoms. The lowest BCUT2D eigenvalue weighted by atomic mass is 10.1. The lowest BCUT2D eigenvalue weighted by Crippen LogP contribution is -1.89. The molecule has 0 aromatic rings. The zero-order valence-electron chi connectivity index (χ0n) is 8.70. The Kier molecular flexibility index (Phi) is 11.3. The standard InChI is InChI=1S/C11H22FI/c1-11(13)9-7-5-3-2-4-6-8-10-12/h11H,2-10H2,1H3. The van der Waals surface area contributed by atoms with Gasteiger partial charge in [0.05, 0.1) is 6.67 Å². The molecule has 1 atom stereocenters. The Bertz CT molecular complexity index is 94.1. The Morgan fingerprint density at radius 2 is 1.38 bits per heavy atom. The summed E-state index contributed by atoms with van der Waals surface area (Å²) in [7, 11) is 0. The summed E-state index contributed by atoms with van der Waals surface area (Å²) in [6.07, 6.45) is 9.81. The van der Waals surface area contributed by atoms with E-state index in [1.807, 2.05) is 0 Å². The third-order valence-electron chi connectivity index (χ3n) is 2.24. The summed E-state index contributed by atoms with van der Waals surface area (Å²) < 4.78 is 12.5. The van der Waals surface area contributed by atoms with E-state index in [2.05, 4.69) is 29.5 Å². The van der Waals surface area contributed by atoms with Crippen LogP contribution in [0.1, 0.15) is 58.3 Å². The molecule has 0 aromatic heterocycles. The van der Waals surface area contributed by atoms with Gasteiger partial charge in [0.25, 0.3) is 0 Å². The van der Waals surface area contributed by atoms with Crippen LogP contribution in [0.2, 0.25) is 0 Å². The molecule has 0 amide bonds. The summed E-state index contributed by atoms with van der Waals surface area (Å²) in [4.78, 5) is 0. The molecule has 0 bridgehead atoms. The second-order valence-corrected chi connectivity index (χ2v) is 5.86. The van der Waals surface area contributed by atoms with E-state index in [1.54, 1.807) is 0 Å². The molecule has 0 aromatic carbocycles. The number of unbranched alkanes of at least 4 members (excludes halogenated alkanes) is 6. The Morgan fingerprint density at radius 1 is 0.923 bits per heavy atom.